The summed E-state index contributed by atoms with van der Waals surface area (Å²) in [5.41, 5.74) is 4.60. The summed E-state index contributed by atoms with van der Waals surface area (Å²) in [5.74, 6) is -3.76. The second-order valence-corrected chi connectivity index (χ2v) is 9.18. The molecule has 194 valence electrons. The number of carboxylic acids is 1. The molecule has 14 heteroatoms. The molecule has 0 radical (unpaired) electrons. The van der Waals surface area contributed by atoms with Crippen LogP contribution in [0, 0.1) is 11.7 Å². The fourth-order valence-electron chi connectivity index (χ4n) is 4.72. The van der Waals surface area contributed by atoms with Crippen molar-refractivity contribution in [3.05, 3.63) is 40.9 Å². The first-order chi connectivity index (χ1) is 17.0. The number of benzene rings is 1. The number of piperidine rings is 2. The molecule has 0 bridgehead atoms. The molecule has 36 heavy (non-hydrogen) atoms. The van der Waals surface area contributed by atoms with E-state index in [2.05, 4.69) is 15.3 Å². The number of nitrogens with one attached hydrogen (secondary N) is 1. The second-order valence-electron chi connectivity index (χ2n) is 8.74. The highest BCUT2D eigenvalue weighted by molar-refractivity contribution is 6.31. The Balaban J connectivity index is 1.57. The van der Waals surface area contributed by atoms with Gasteiger partial charge in [-0.2, -0.15) is 17.6 Å². The number of hydrogen-bond donors (Lipinski definition) is 3. The molecule has 2 aliphatic rings. The van der Waals surface area contributed by atoms with Gasteiger partial charge >= 0.3 is 12.1 Å². The topological polar surface area (TPSA) is 125 Å². The minimum Gasteiger partial charge on any atom is -0.481 e. The van der Waals surface area contributed by atoms with Crippen molar-refractivity contribution in [2.24, 2.45) is 5.92 Å². The summed E-state index contributed by atoms with van der Waals surface area (Å²) >= 11 is 5.86. The van der Waals surface area contributed by atoms with Crippen LogP contribution in [0.5, 0.6) is 0 Å². The van der Waals surface area contributed by atoms with E-state index in [1.54, 1.807) is 0 Å². The van der Waals surface area contributed by atoms with Crippen molar-refractivity contribution in [1.82, 2.24) is 14.9 Å². The molecule has 0 spiro atoms. The number of rotatable bonds is 5. The number of halogens is 5. The first-order valence-electron chi connectivity index (χ1n) is 11.1. The first-order valence-corrected chi connectivity index (χ1v) is 11.5. The van der Waals surface area contributed by atoms with Crippen LogP contribution in [0.15, 0.2) is 24.5 Å². The number of nitrogen functional groups attached to an aromatic ring is 1. The Morgan fingerprint density at radius 2 is 1.94 bits per heavy atom. The van der Waals surface area contributed by atoms with Gasteiger partial charge in [0.15, 0.2) is 11.6 Å². The number of carboxylic acid groups (broad SMARTS) is 1. The van der Waals surface area contributed by atoms with Gasteiger partial charge in [0.2, 0.25) is 11.7 Å². The predicted octanol–water partition coefficient (Wildman–Crippen LogP) is 3.25. The molecular weight excluding hydrogens is 508 g/mol. The van der Waals surface area contributed by atoms with Crippen LogP contribution in [-0.4, -0.2) is 63.6 Å². The minimum atomic E-state index is -4.62. The lowest BCUT2D eigenvalue weighted by Crippen LogP contribution is -2.61. The van der Waals surface area contributed by atoms with Gasteiger partial charge in [-0.25, -0.2) is 9.97 Å². The van der Waals surface area contributed by atoms with Crippen LogP contribution in [0.4, 0.5) is 34.9 Å². The molecule has 2 aromatic rings. The first kappa shape index (κ1) is 25.7. The zero-order valence-electron chi connectivity index (χ0n) is 18.8. The second kappa shape index (κ2) is 9.96. The SMILES string of the molecule is Nc1ncnc(N2CCC(C(=O)O)[C@@H](N3CCCC(Nc4cc(Cl)cc(C(F)(F)F)c4)C3=O)C2)c1F. The maximum absolute atomic E-state index is 14.6. The highest BCUT2D eigenvalue weighted by Gasteiger charge is 2.43. The Kier molecular flexibility index (Phi) is 7.12. The third-order valence-corrected chi connectivity index (χ3v) is 6.65. The van der Waals surface area contributed by atoms with Crippen LogP contribution in [0.2, 0.25) is 5.02 Å². The number of amides is 1. The van der Waals surface area contributed by atoms with E-state index in [1.165, 1.54) is 15.9 Å². The van der Waals surface area contributed by atoms with Gasteiger partial charge in [0.25, 0.3) is 0 Å². The van der Waals surface area contributed by atoms with Crippen molar-refractivity contribution >= 4 is 40.8 Å². The largest absolute Gasteiger partial charge is 0.481 e. The standard InChI is InChI=1S/C22H23ClF4N6O3/c23-12-6-11(22(25,26)27)7-13(8-12)31-15-2-1-4-33(20(15)34)16-9-32(5-3-14(16)21(35)36)19-17(24)18(28)29-10-30-19/h6-8,10,14-16,31H,1-5,9H2,(H,35,36)(H2,28,29,30)/t14?,15?,16-/m0/s1. The van der Waals surface area contributed by atoms with Gasteiger partial charge in [-0.1, -0.05) is 11.6 Å². The van der Waals surface area contributed by atoms with Gasteiger partial charge in [0.1, 0.15) is 12.4 Å². The molecular formula is C22H23ClF4N6O3. The quantitative estimate of drug-likeness (QED) is 0.503. The van der Waals surface area contributed by atoms with Crippen molar-refractivity contribution in [2.45, 2.75) is 37.5 Å². The Morgan fingerprint density at radius 1 is 1.19 bits per heavy atom. The average molecular weight is 531 g/mol. The normalized spacial score (nSPS) is 23.0. The van der Waals surface area contributed by atoms with E-state index < -0.39 is 47.4 Å². The molecule has 1 aromatic carbocycles. The summed E-state index contributed by atoms with van der Waals surface area (Å²) in [5, 5.41) is 12.5. The van der Waals surface area contributed by atoms with Crippen LogP contribution in [0.3, 0.4) is 0 Å². The van der Waals surface area contributed by atoms with E-state index >= 15 is 0 Å². The Hall–Kier alpha value is -3.35. The van der Waals surface area contributed by atoms with E-state index in [1.807, 2.05) is 0 Å². The molecule has 2 fully saturated rings. The molecule has 1 amide bonds. The maximum atomic E-state index is 14.6. The van der Waals surface area contributed by atoms with Gasteiger partial charge in [-0.3, -0.25) is 9.59 Å². The monoisotopic (exact) mass is 530 g/mol. The summed E-state index contributed by atoms with van der Waals surface area (Å²) in [6.45, 7) is 0.405. The van der Waals surface area contributed by atoms with E-state index in [0.717, 1.165) is 18.5 Å². The molecule has 2 unspecified atom stereocenters. The zero-order valence-corrected chi connectivity index (χ0v) is 19.6. The van der Waals surface area contributed by atoms with Crippen LogP contribution in [-0.2, 0) is 15.8 Å². The molecule has 4 N–H and O–H groups in total. The number of aliphatic carboxylic acids is 1. The lowest BCUT2D eigenvalue weighted by atomic mass is 9.88. The molecule has 2 saturated heterocycles. The number of nitrogens with zero attached hydrogens (tertiary/aromatic N) is 4. The van der Waals surface area contributed by atoms with Crippen molar-refractivity contribution in [3.8, 4) is 0 Å². The van der Waals surface area contributed by atoms with E-state index in [9.17, 15) is 32.3 Å². The molecule has 3 atom stereocenters. The van der Waals surface area contributed by atoms with Crippen LogP contribution < -0.4 is 16.0 Å². The molecule has 9 nitrogen and oxygen atoms in total. The van der Waals surface area contributed by atoms with Crippen LogP contribution >= 0.6 is 11.6 Å². The van der Waals surface area contributed by atoms with Crippen molar-refractivity contribution in [1.29, 1.82) is 0 Å². The zero-order chi connectivity index (χ0) is 26.2. The predicted molar refractivity (Wildman–Crippen MR) is 123 cm³/mol. The number of hydrogen-bond acceptors (Lipinski definition) is 7. The Labute approximate surface area is 208 Å². The molecule has 2 aliphatic heterocycles. The van der Waals surface area contributed by atoms with Gasteiger partial charge in [-0.05, 0) is 37.5 Å². The summed E-state index contributed by atoms with van der Waals surface area (Å²) in [6.07, 6.45) is -2.60. The average Bonchev–Trinajstić information content (AvgIpc) is 2.81. The third-order valence-electron chi connectivity index (χ3n) is 6.44. The molecule has 0 saturated carbocycles. The van der Waals surface area contributed by atoms with Crippen LogP contribution in [0.25, 0.3) is 0 Å². The van der Waals surface area contributed by atoms with Crippen molar-refractivity contribution in [2.75, 3.05) is 35.6 Å². The molecule has 0 aliphatic carbocycles. The number of carbonyl (C=O) groups is 2. The fraction of sp³-hybridized carbons (Fsp3) is 0.455. The molecule has 1 aromatic heterocycles. The molecule has 3 heterocycles. The van der Waals surface area contributed by atoms with Gasteiger partial charge < -0.3 is 26.0 Å². The maximum Gasteiger partial charge on any atom is 0.416 e. The van der Waals surface area contributed by atoms with Gasteiger partial charge in [0, 0.05) is 30.3 Å². The smallest absolute Gasteiger partial charge is 0.416 e. The number of likely N-dealkylation sites (tertiary alicyclic amines) is 1. The number of aromatic nitrogens is 2. The highest BCUT2D eigenvalue weighted by atomic mass is 35.5. The van der Waals surface area contributed by atoms with Gasteiger partial charge in [-0.15, -0.1) is 0 Å². The minimum absolute atomic E-state index is 0.0157. The number of anilines is 3. The fourth-order valence-corrected chi connectivity index (χ4v) is 4.96. The van der Waals surface area contributed by atoms with Crippen LogP contribution in [0.1, 0.15) is 24.8 Å². The third kappa shape index (κ3) is 5.25. The van der Waals surface area contributed by atoms with E-state index in [0.29, 0.717) is 12.8 Å². The lowest BCUT2D eigenvalue weighted by Gasteiger charge is -2.45. The number of alkyl halides is 3. The number of carbonyl (C=O) groups excluding carboxylic acids is 1. The van der Waals surface area contributed by atoms with Crippen molar-refractivity contribution < 1.29 is 32.3 Å². The van der Waals surface area contributed by atoms with Crippen molar-refractivity contribution in [3.63, 3.8) is 0 Å². The van der Waals surface area contributed by atoms with E-state index in [-0.39, 0.29) is 48.4 Å². The lowest BCUT2D eigenvalue weighted by molar-refractivity contribution is -0.149. The molecule has 4 rings (SSSR count). The Bertz CT molecular complexity index is 1170. The summed E-state index contributed by atoms with van der Waals surface area (Å²) in [4.78, 5) is 35.9. The summed E-state index contributed by atoms with van der Waals surface area (Å²) in [6, 6.07) is 1.22. The van der Waals surface area contributed by atoms with E-state index in [4.69, 9.17) is 17.3 Å². The summed E-state index contributed by atoms with van der Waals surface area (Å²) < 4.78 is 54.1. The summed E-state index contributed by atoms with van der Waals surface area (Å²) in [7, 11) is 0. The highest BCUT2D eigenvalue weighted by Crippen LogP contribution is 2.35. The number of nitrogens with two attached hydrogens (primary N) is 1. The Morgan fingerprint density at radius 3 is 2.64 bits per heavy atom. The van der Waals surface area contributed by atoms with Gasteiger partial charge in [0.05, 0.1) is 17.5 Å².